The molecule has 2 rings (SSSR count). The summed E-state index contributed by atoms with van der Waals surface area (Å²) in [6, 6.07) is 5.95. The van der Waals surface area contributed by atoms with E-state index in [4.69, 9.17) is 0 Å². The Morgan fingerprint density at radius 2 is 2.27 bits per heavy atom. The molecule has 0 spiro atoms. The molecule has 0 saturated carbocycles. The van der Waals surface area contributed by atoms with Crippen LogP contribution in [0.15, 0.2) is 41.1 Å². The van der Waals surface area contributed by atoms with Gasteiger partial charge in [0.05, 0.1) is 11.1 Å². The van der Waals surface area contributed by atoms with Crippen molar-refractivity contribution in [2.24, 2.45) is 0 Å². The highest BCUT2D eigenvalue weighted by Gasteiger charge is 2.37. The van der Waals surface area contributed by atoms with Crippen LogP contribution in [0.2, 0.25) is 0 Å². The van der Waals surface area contributed by atoms with Crippen molar-refractivity contribution in [3.63, 3.8) is 0 Å². The average Bonchev–Trinajstić information content (AvgIpc) is 2.89. The second kappa shape index (κ2) is 7.79. The number of likely N-dealkylation sites (N-methyl/N-ethyl adjacent to an activating group) is 1. The Hall–Kier alpha value is -1.33. The number of hydrogen-bond acceptors (Lipinski definition) is 4. The van der Waals surface area contributed by atoms with Crippen LogP contribution in [0.4, 0.5) is 0 Å². The van der Waals surface area contributed by atoms with Crippen molar-refractivity contribution in [1.29, 1.82) is 0 Å². The monoisotopic (exact) mass is 319 g/mol. The molecule has 1 amide bonds. The van der Waals surface area contributed by atoms with Gasteiger partial charge in [-0.1, -0.05) is 17.7 Å². The number of amides is 1. The fourth-order valence-corrected chi connectivity index (χ4v) is 3.84. The fourth-order valence-electron chi connectivity index (χ4n) is 2.68. The number of thioether (sulfide) groups is 1. The molecule has 0 aliphatic carbocycles. The van der Waals surface area contributed by atoms with E-state index in [1.54, 1.807) is 16.7 Å². The summed E-state index contributed by atoms with van der Waals surface area (Å²) in [6.07, 6.45) is 4.83. The number of likely N-dealkylation sites (tertiary alicyclic amines) is 1. The molecule has 1 aromatic heterocycles. The van der Waals surface area contributed by atoms with Crippen LogP contribution in [-0.4, -0.2) is 59.2 Å². The highest BCUT2D eigenvalue weighted by molar-refractivity contribution is 7.99. The number of rotatable bonds is 5. The second-order valence-electron chi connectivity index (χ2n) is 5.96. The first-order chi connectivity index (χ1) is 10.5. The number of allylic oxidation sites excluding steroid dienone is 1. The Bertz CT molecular complexity index is 530. The minimum Gasteiger partial charge on any atom is -0.347 e. The number of nitrogens with zero attached hydrogens (tertiary/aromatic N) is 3. The number of carbonyl (C=O) groups is 1. The molecule has 1 fully saturated rings. The van der Waals surface area contributed by atoms with Gasteiger partial charge in [0, 0.05) is 38.6 Å². The second-order valence-corrected chi connectivity index (χ2v) is 7.28. The molecule has 1 aliphatic heterocycles. The number of carbonyl (C=O) groups excluding carboxylic acids is 1. The molecule has 0 unspecified atom stereocenters. The zero-order valence-corrected chi connectivity index (χ0v) is 14.6. The Kier molecular flexibility index (Phi) is 6.03. The van der Waals surface area contributed by atoms with E-state index in [1.165, 1.54) is 5.57 Å². The number of aromatic nitrogens is 1. The summed E-state index contributed by atoms with van der Waals surface area (Å²) in [4.78, 5) is 20.9. The van der Waals surface area contributed by atoms with Gasteiger partial charge < -0.3 is 4.90 Å². The van der Waals surface area contributed by atoms with Gasteiger partial charge in [0.2, 0.25) is 5.91 Å². The molecular weight excluding hydrogens is 294 g/mol. The van der Waals surface area contributed by atoms with Crippen LogP contribution in [0, 0.1) is 0 Å². The van der Waals surface area contributed by atoms with Crippen molar-refractivity contribution in [3.8, 4) is 0 Å². The van der Waals surface area contributed by atoms with Crippen molar-refractivity contribution in [3.05, 3.63) is 36.0 Å². The summed E-state index contributed by atoms with van der Waals surface area (Å²) in [5, 5.41) is 1.45. The maximum absolute atomic E-state index is 12.5. The van der Waals surface area contributed by atoms with Gasteiger partial charge in [-0.2, -0.15) is 0 Å². The molecule has 2 heterocycles. The van der Waals surface area contributed by atoms with Crippen LogP contribution in [0.1, 0.15) is 20.3 Å². The van der Waals surface area contributed by atoms with Crippen LogP contribution < -0.4 is 0 Å². The van der Waals surface area contributed by atoms with Crippen molar-refractivity contribution >= 4 is 17.7 Å². The first-order valence-electron chi connectivity index (χ1n) is 7.66. The quantitative estimate of drug-likeness (QED) is 0.782. The molecule has 120 valence electrons. The van der Waals surface area contributed by atoms with E-state index < -0.39 is 0 Å². The third-order valence-electron chi connectivity index (χ3n) is 3.96. The number of hydrogen-bond donors (Lipinski definition) is 0. The van der Waals surface area contributed by atoms with Gasteiger partial charge in [0.25, 0.3) is 0 Å². The van der Waals surface area contributed by atoms with Gasteiger partial charge in [-0.15, -0.1) is 11.8 Å². The summed E-state index contributed by atoms with van der Waals surface area (Å²) in [7, 11) is 3.67. The number of pyridine rings is 1. The largest absolute Gasteiger partial charge is 0.347 e. The third-order valence-corrected chi connectivity index (χ3v) is 5.12. The minimum absolute atomic E-state index is 0.0221. The van der Waals surface area contributed by atoms with Gasteiger partial charge in [-0.25, -0.2) is 4.98 Å². The molecule has 22 heavy (non-hydrogen) atoms. The molecule has 0 aromatic carbocycles. The van der Waals surface area contributed by atoms with Gasteiger partial charge in [0.1, 0.15) is 0 Å². The van der Waals surface area contributed by atoms with Crippen LogP contribution >= 0.6 is 11.8 Å². The van der Waals surface area contributed by atoms with E-state index in [-0.39, 0.29) is 11.9 Å². The molecule has 0 radical (unpaired) electrons. The summed E-state index contributed by atoms with van der Waals surface area (Å²) >= 11 is 1.78. The molecular formula is C17H25N3OS. The highest BCUT2D eigenvalue weighted by atomic mass is 32.2. The molecule has 4 nitrogen and oxygen atoms in total. The summed E-state index contributed by atoms with van der Waals surface area (Å²) in [5.74, 6) is 0.202. The lowest BCUT2D eigenvalue weighted by atomic mass is 10.2. The molecule has 1 saturated heterocycles. The Labute approximate surface area is 137 Å². The maximum atomic E-state index is 12.5. The third kappa shape index (κ3) is 4.34. The van der Waals surface area contributed by atoms with E-state index in [0.717, 1.165) is 24.5 Å². The summed E-state index contributed by atoms with van der Waals surface area (Å²) in [6.45, 7) is 5.96. The first kappa shape index (κ1) is 17.0. The smallest absolute Gasteiger partial charge is 0.239 e. The molecule has 2 atom stereocenters. The van der Waals surface area contributed by atoms with Crippen molar-refractivity contribution in [2.45, 2.75) is 36.6 Å². The first-order valence-corrected chi connectivity index (χ1v) is 8.54. The maximum Gasteiger partial charge on any atom is 0.239 e. The van der Waals surface area contributed by atoms with Gasteiger partial charge in [0.15, 0.2) is 0 Å². The van der Waals surface area contributed by atoms with Gasteiger partial charge in [-0.05, 0) is 32.4 Å². The normalized spacial score (nSPS) is 22.8. The minimum atomic E-state index is -0.0221. The summed E-state index contributed by atoms with van der Waals surface area (Å²) in [5.41, 5.74) is 1.31. The van der Waals surface area contributed by atoms with Crippen molar-refractivity contribution in [1.82, 2.24) is 14.8 Å². The Morgan fingerprint density at radius 3 is 2.86 bits per heavy atom. The lowest BCUT2D eigenvalue weighted by Gasteiger charge is -2.26. The molecule has 1 aromatic rings. The summed E-state index contributed by atoms with van der Waals surface area (Å²) < 4.78 is 0. The van der Waals surface area contributed by atoms with Crippen LogP contribution in [-0.2, 0) is 4.79 Å². The average molecular weight is 319 g/mol. The zero-order chi connectivity index (χ0) is 16.1. The van der Waals surface area contributed by atoms with E-state index >= 15 is 0 Å². The van der Waals surface area contributed by atoms with E-state index in [1.807, 2.05) is 45.4 Å². The molecule has 1 aliphatic rings. The predicted molar refractivity (Wildman–Crippen MR) is 92.0 cm³/mol. The predicted octanol–water partition coefficient (Wildman–Crippen LogP) is 2.67. The van der Waals surface area contributed by atoms with Gasteiger partial charge in [-0.3, -0.25) is 9.69 Å². The highest BCUT2D eigenvalue weighted by Crippen LogP contribution is 2.32. The molecule has 0 bridgehead atoms. The lowest BCUT2D eigenvalue weighted by molar-refractivity contribution is -0.133. The molecule has 0 N–H and O–H groups in total. The lowest BCUT2D eigenvalue weighted by Crippen LogP contribution is -2.43. The SMILES string of the molecule is C/C=C(\C)CN1C[C@H](Sc2ccccn2)C[C@H]1C(=O)N(C)C. The van der Waals surface area contributed by atoms with Crippen LogP contribution in [0.3, 0.4) is 0 Å². The zero-order valence-electron chi connectivity index (χ0n) is 13.8. The topological polar surface area (TPSA) is 36.4 Å². The Balaban J connectivity index is 2.08. The van der Waals surface area contributed by atoms with E-state index in [0.29, 0.717) is 5.25 Å². The fraction of sp³-hybridized carbons (Fsp3) is 0.529. The van der Waals surface area contributed by atoms with Crippen molar-refractivity contribution < 1.29 is 4.79 Å². The molecule has 5 heteroatoms. The standard InChI is InChI=1S/C17H25N3OS/c1-5-13(2)11-20-12-14(10-15(20)17(21)19(3)4)22-16-8-6-7-9-18-16/h5-9,14-15H,10-12H2,1-4H3/b13-5+/t14-,15+/m1/s1. The van der Waals surface area contributed by atoms with Gasteiger partial charge >= 0.3 is 0 Å². The van der Waals surface area contributed by atoms with E-state index in [9.17, 15) is 4.79 Å². The van der Waals surface area contributed by atoms with E-state index in [2.05, 4.69) is 22.9 Å². The Morgan fingerprint density at radius 1 is 1.50 bits per heavy atom. The van der Waals surface area contributed by atoms with Crippen molar-refractivity contribution in [2.75, 3.05) is 27.2 Å². The van der Waals surface area contributed by atoms with Crippen LogP contribution in [0.25, 0.3) is 0 Å². The van der Waals surface area contributed by atoms with Crippen LogP contribution in [0.5, 0.6) is 0 Å².